The van der Waals surface area contributed by atoms with E-state index < -0.39 is 11.6 Å². The third-order valence-corrected chi connectivity index (χ3v) is 5.07. The molecule has 33 heavy (non-hydrogen) atoms. The van der Waals surface area contributed by atoms with E-state index in [0.29, 0.717) is 18.7 Å². The second-order valence-corrected chi connectivity index (χ2v) is 9.05. The molecule has 1 unspecified atom stereocenters. The maximum Gasteiger partial charge on any atom is 0.261 e. The number of hydrogen-bond donors (Lipinski definition) is 1. The number of nitrogens with one attached hydrogen (secondary N) is 1. The van der Waals surface area contributed by atoms with Crippen molar-refractivity contribution in [1.29, 1.82) is 0 Å². The van der Waals surface area contributed by atoms with Crippen molar-refractivity contribution in [3.8, 4) is 5.75 Å². The molecule has 0 aliphatic carbocycles. The summed E-state index contributed by atoms with van der Waals surface area (Å²) in [6.07, 6.45) is 0.409. The molecule has 172 valence electrons. The first-order valence-corrected chi connectivity index (χ1v) is 11.2. The Kier molecular flexibility index (Phi) is 8.25. The van der Waals surface area contributed by atoms with Crippen molar-refractivity contribution in [2.45, 2.75) is 45.3 Å². The average Bonchev–Trinajstić information content (AvgIpc) is 2.80. The van der Waals surface area contributed by atoms with E-state index >= 15 is 0 Å². The fraction of sp³-hybridized carbons (Fsp3) is 0.286. The number of nitrogens with zero attached hydrogens (tertiary/aromatic N) is 1. The van der Waals surface area contributed by atoms with Gasteiger partial charge in [-0.05, 0) is 44.0 Å². The molecule has 3 rings (SSSR count). The minimum atomic E-state index is -0.682. The van der Waals surface area contributed by atoms with Crippen LogP contribution in [0.2, 0.25) is 0 Å². The standard InChI is InChI=1S/C28H32N2O3/c1-28(2,3)29-27(32)25(19-22-13-7-4-8-14-22)30(20-23-15-9-5-10-16-23)26(31)21-33-24-17-11-6-12-18-24/h4-18,25H,19-21H2,1-3H3,(H,29,32). The van der Waals surface area contributed by atoms with Gasteiger partial charge in [0.25, 0.3) is 5.91 Å². The Morgan fingerprint density at radius 2 is 1.33 bits per heavy atom. The van der Waals surface area contributed by atoms with Crippen LogP contribution in [0.1, 0.15) is 31.9 Å². The van der Waals surface area contributed by atoms with Gasteiger partial charge in [-0.15, -0.1) is 0 Å². The lowest BCUT2D eigenvalue weighted by atomic mass is 10.0. The maximum absolute atomic E-state index is 13.4. The van der Waals surface area contributed by atoms with Gasteiger partial charge in [0.15, 0.2) is 6.61 Å². The highest BCUT2D eigenvalue weighted by molar-refractivity contribution is 5.89. The molecular weight excluding hydrogens is 412 g/mol. The molecular formula is C28H32N2O3. The Labute approximate surface area is 196 Å². The number of amides is 2. The zero-order chi connectivity index (χ0) is 23.7. The van der Waals surface area contributed by atoms with Gasteiger partial charge in [0, 0.05) is 18.5 Å². The van der Waals surface area contributed by atoms with Crippen LogP contribution in [0.3, 0.4) is 0 Å². The predicted octanol–water partition coefficient (Wildman–Crippen LogP) is 4.62. The molecule has 0 aliphatic heterocycles. The molecule has 5 nitrogen and oxygen atoms in total. The van der Waals surface area contributed by atoms with E-state index in [0.717, 1.165) is 11.1 Å². The highest BCUT2D eigenvalue weighted by Gasteiger charge is 2.32. The maximum atomic E-state index is 13.4. The minimum Gasteiger partial charge on any atom is -0.484 e. The number of benzene rings is 3. The first-order valence-electron chi connectivity index (χ1n) is 11.2. The second kappa shape index (κ2) is 11.3. The lowest BCUT2D eigenvalue weighted by Gasteiger charge is -2.33. The number of ether oxygens (including phenoxy) is 1. The molecule has 0 aliphatic rings. The predicted molar refractivity (Wildman–Crippen MR) is 131 cm³/mol. The summed E-state index contributed by atoms with van der Waals surface area (Å²) in [4.78, 5) is 28.5. The van der Waals surface area contributed by atoms with E-state index in [1.807, 2.05) is 112 Å². The van der Waals surface area contributed by atoms with Crippen molar-refractivity contribution in [3.63, 3.8) is 0 Å². The van der Waals surface area contributed by atoms with Crippen LogP contribution in [-0.4, -0.2) is 34.9 Å². The number of rotatable bonds is 9. The molecule has 0 spiro atoms. The van der Waals surface area contributed by atoms with Gasteiger partial charge in [0.2, 0.25) is 5.91 Å². The van der Waals surface area contributed by atoms with Crippen LogP contribution in [0.25, 0.3) is 0 Å². The van der Waals surface area contributed by atoms with Crippen molar-refractivity contribution in [1.82, 2.24) is 10.2 Å². The van der Waals surface area contributed by atoms with Gasteiger partial charge in [-0.25, -0.2) is 0 Å². The smallest absolute Gasteiger partial charge is 0.261 e. The van der Waals surface area contributed by atoms with Gasteiger partial charge in [0.1, 0.15) is 11.8 Å². The third-order valence-electron chi connectivity index (χ3n) is 5.07. The highest BCUT2D eigenvalue weighted by atomic mass is 16.5. The topological polar surface area (TPSA) is 58.6 Å². The summed E-state index contributed by atoms with van der Waals surface area (Å²) >= 11 is 0. The van der Waals surface area contributed by atoms with Crippen LogP contribution < -0.4 is 10.1 Å². The normalized spacial score (nSPS) is 12.0. The summed E-state index contributed by atoms with van der Waals surface area (Å²) in [6, 6.07) is 28.0. The van der Waals surface area contributed by atoms with Gasteiger partial charge in [-0.1, -0.05) is 78.9 Å². The summed E-state index contributed by atoms with van der Waals surface area (Å²) in [5.41, 5.74) is 1.52. The monoisotopic (exact) mass is 444 g/mol. The van der Waals surface area contributed by atoms with E-state index in [2.05, 4.69) is 5.32 Å². The zero-order valence-electron chi connectivity index (χ0n) is 19.5. The minimum absolute atomic E-state index is 0.148. The molecule has 0 bridgehead atoms. The number of hydrogen-bond acceptors (Lipinski definition) is 3. The summed E-state index contributed by atoms with van der Waals surface area (Å²) < 4.78 is 5.74. The third kappa shape index (κ3) is 7.79. The first kappa shape index (κ1) is 24.1. The van der Waals surface area contributed by atoms with Crippen LogP contribution in [0, 0.1) is 0 Å². The van der Waals surface area contributed by atoms with Gasteiger partial charge in [0.05, 0.1) is 0 Å². The molecule has 0 aromatic heterocycles. The summed E-state index contributed by atoms with van der Waals surface area (Å²) in [5.74, 6) is 0.187. The van der Waals surface area contributed by atoms with Crippen LogP contribution in [0.5, 0.6) is 5.75 Å². The largest absolute Gasteiger partial charge is 0.484 e. The molecule has 3 aromatic carbocycles. The molecule has 2 amide bonds. The van der Waals surface area contributed by atoms with Crippen molar-refractivity contribution < 1.29 is 14.3 Å². The van der Waals surface area contributed by atoms with Gasteiger partial charge in [-0.3, -0.25) is 9.59 Å². The number of carbonyl (C=O) groups excluding carboxylic acids is 2. The highest BCUT2D eigenvalue weighted by Crippen LogP contribution is 2.17. The molecule has 5 heteroatoms. The van der Waals surface area contributed by atoms with E-state index in [4.69, 9.17) is 4.74 Å². The Morgan fingerprint density at radius 3 is 1.88 bits per heavy atom. The molecule has 1 N–H and O–H groups in total. The van der Waals surface area contributed by atoms with E-state index in [9.17, 15) is 9.59 Å². The number of para-hydroxylation sites is 1. The fourth-order valence-corrected chi connectivity index (χ4v) is 3.53. The van der Waals surface area contributed by atoms with Crippen LogP contribution in [0.15, 0.2) is 91.0 Å². The molecule has 1 atom stereocenters. The van der Waals surface area contributed by atoms with Crippen molar-refractivity contribution >= 4 is 11.8 Å². The molecule has 0 heterocycles. The molecule has 3 aromatic rings. The lowest BCUT2D eigenvalue weighted by molar-refractivity contribution is -0.143. The van der Waals surface area contributed by atoms with Gasteiger partial charge in [-0.2, -0.15) is 0 Å². The van der Waals surface area contributed by atoms with Gasteiger partial charge >= 0.3 is 0 Å². The van der Waals surface area contributed by atoms with Crippen LogP contribution in [0.4, 0.5) is 0 Å². The zero-order valence-corrected chi connectivity index (χ0v) is 19.5. The molecule has 0 saturated heterocycles. The first-order chi connectivity index (χ1) is 15.8. The van der Waals surface area contributed by atoms with E-state index in [-0.39, 0.29) is 18.4 Å². The molecule has 0 saturated carbocycles. The summed E-state index contributed by atoms with van der Waals surface area (Å²) in [7, 11) is 0. The van der Waals surface area contributed by atoms with Crippen molar-refractivity contribution in [2.75, 3.05) is 6.61 Å². The van der Waals surface area contributed by atoms with Crippen LogP contribution in [-0.2, 0) is 22.6 Å². The average molecular weight is 445 g/mol. The van der Waals surface area contributed by atoms with Crippen molar-refractivity contribution in [3.05, 3.63) is 102 Å². The molecule has 0 fully saturated rings. The quantitative estimate of drug-likeness (QED) is 0.524. The Balaban J connectivity index is 1.90. The Morgan fingerprint density at radius 1 is 0.818 bits per heavy atom. The van der Waals surface area contributed by atoms with Crippen LogP contribution >= 0.6 is 0 Å². The van der Waals surface area contributed by atoms with Gasteiger partial charge < -0.3 is 15.0 Å². The Hall–Kier alpha value is -3.60. The molecule has 0 radical (unpaired) electrons. The van der Waals surface area contributed by atoms with E-state index in [1.54, 1.807) is 4.90 Å². The summed E-state index contributed by atoms with van der Waals surface area (Å²) in [6.45, 7) is 5.98. The SMILES string of the molecule is CC(C)(C)NC(=O)C(Cc1ccccc1)N(Cc1ccccc1)C(=O)COc1ccccc1. The second-order valence-electron chi connectivity index (χ2n) is 9.05. The van der Waals surface area contributed by atoms with Crippen molar-refractivity contribution in [2.24, 2.45) is 0 Å². The summed E-state index contributed by atoms with van der Waals surface area (Å²) in [5, 5.41) is 3.06. The lowest BCUT2D eigenvalue weighted by Crippen LogP contribution is -2.55. The van der Waals surface area contributed by atoms with E-state index in [1.165, 1.54) is 0 Å². The fourth-order valence-electron chi connectivity index (χ4n) is 3.53. The Bertz CT molecular complexity index is 1020. The number of carbonyl (C=O) groups is 2.